The Labute approximate surface area is 102 Å². The minimum absolute atomic E-state index is 0.144. The van der Waals surface area contributed by atoms with E-state index in [-0.39, 0.29) is 11.4 Å². The number of nitrogens with zero attached hydrogens (tertiary/aromatic N) is 4. The summed E-state index contributed by atoms with van der Waals surface area (Å²) in [5.74, 6) is -1.29. The predicted octanol–water partition coefficient (Wildman–Crippen LogP) is 0.771. The first-order valence-corrected chi connectivity index (χ1v) is 4.89. The van der Waals surface area contributed by atoms with Gasteiger partial charge in [-0.2, -0.15) is 5.26 Å². The topological polar surface area (TPSA) is 120 Å². The molecular weight excluding hydrogens is 240 g/mol. The summed E-state index contributed by atoms with van der Waals surface area (Å²) >= 11 is 0. The van der Waals surface area contributed by atoms with E-state index in [9.17, 15) is 14.9 Å². The van der Waals surface area contributed by atoms with Crippen molar-refractivity contribution in [2.75, 3.05) is 11.9 Å². The normalized spacial score (nSPS) is 11.4. The summed E-state index contributed by atoms with van der Waals surface area (Å²) in [5, 5.41) is 28.6. The molecule has 0 saturated heterocycles. The molecule has 0 spiro atoms. The molecule has 0 aliphatic carbocycles. The highest BCUT2D eigenvalue weighted by Crippen LogP contribution is 2.29. The van der Waals surface area contributed by atoms with Gasteiger partial charge in [-0.3, -0.25) is 10.1 Å². The van der Waals surface area contributed by atoms with Gasteiger partial charge >= 0.3 is 11.7 Å². The number of pyridine rings is 1. The molecule has 1 aromatic heterocycles. The largest absolute Gasteiger partial charge is 0.480 e. The molecular formula is C10H10N4O4. The molecule has 0 bridgehead atoms. The highest BCUT2D eigenvalue weighted by Gasteiger charge is 2.28. The summed E-state index contributed by atoms with van der Waals surface area (Å²) in [6.07, 6.45) is 1.23. The zero-order chi connectivity index (χ0) is 13.9. The lowest BCUT2D eigenvalue weighted by Gasteiger charge is -2.22. The molecule has 8 nitrogen and oxygen atoms in total. The molecule has 0 aromatic carbocycles. The maximum atomic E-state index is 10.9. The quantitative estimate of drug-likeness (QED) is 0.618. The highest BCUT2D eigenvalue weighted by molar-refractivity contribution is 5.79. The van der Waals surface area contributed by atoms with Crippen LogP contribution >= 0.6 is 0 Å². The van der Waals surface area contributed by atoms with Crippen LogP contribution in [0.3, 0.4) is 0 Å². The van der Waals surface area contributed by atoms with Gasteiger partial charge in [-0.15, -0.1) is 0 Å². The van der Waals surface area contributed by atoms with Crippen LogP contribution in [0, 0.1) is 21.4 Å². The van der Waals surface area contributed by atoms with Crippen LogP contribution in [0.1, 0.15) is 12.5 Å². The lowest BCUT2D eigenvalue weighted by atomic mass is 10.2. The van der Waals surface area contributed by atoms with Gasteiger partial charge in [0, 0.05) is 13.2 Å². The van der Waals surface area contributed by atoms with Gasteiger partial charge in [0.1, 0.15) is 17.7 Å². The number of nitriles is 1. The smallest absolute Gasteiger partial charge is 0.329 e. The van der Waals surface area contributed by atoms with Gasteiger partial charge < -0.3 is 10.0 Å². The first-order chi connectivity index (χ1) is 8.40. The Kier molecular flexibility index (Phi) is 3.78. The fraction of sp³-hybridized carbons (Fsp3) is 0.300. The summed E-state index contributed by atoms with van der Waals surface area (Å²) < 4.78 is 0. The Balaban J connectivity index is 3.37. The van der Waals surface area contributed by atoms with Gasteiger partial charge in [0.15, 0.2) is 0 Å². The lowest BCUT2D eigenvalue weighted by molar-refractivity contribution is -0.384. The third-order valence-electron chi connectivity index (χ3n) is 2.48. The van der Waals surface area contributed by atoms with Crippen molar-refractivity contribution < 1.29 is 14.8 Å². The van der Waals surface area contributed by atoms with E-state index in [0.717, 1.165) is 4.90 Å². The Morgan fingerprint density at radius 3 is 2.78 bits per heavy atom. The molecule has 1 N–H and O–H groups in total. The van der Waals surface area contributed by atoms with Crippen LogP contribution in [-0.4, -0.2) is 34.1 Å². The fourth-order valence-corrected chi connectivity index (χ4v) is 1.32. The molecule has 1 aromatic rings. The second-order valence-electron chi connectivity index (χ2n) is 3.52. The zero-order valence-corrected chi connectivity index (χ0v) is 9.69. The summed E-state index contributed by atoms with van der Waals surface area (Å²) in [6.45, 7) is 1.37. The maximum absolute atomic E-state index is 10.9. The van der Waals surface area contributed by atoms with Crippen molar-refractivity contribution in [1.82, 2.24) is 4.98 Å². The number of anilines is 1. The Hall–Kier alpha value is -2.69. The summed E-state index contributed by atoms with van der Waals surface area (Å²) in [5.41, 5.74) is -0.648. The third-order valence-corrected chi connectivity index (χ3v) is 2.48. The van der Waals surface area contributed by atoms with Gasteiger partial charge in [-0.1, -0.05) is 0 Å². The SMILES string of the molecule is CC(C(=O)O)N(C)c1nccc(C#N)c1[N+](=O)[O-]. The molecule has 8 heteroatoms. The molecule has 0 radical (unpaired) electrons. The highest BCUT2D eigenvalue weighted by atomic mass is 16.6. The predicted molar refractivity (Wildman–Crippen MR) is 61.1 cm³/mol. The maximum Gasteiger partial charge on any atom is 0.329 e. The van der Waals surface area contributed by atoms with Crippen molar-refractivity contribution in [2.24, 2.45) is 0 Å². The van der Waals surface area contributed by atoms with Crippen molar-refractivity contribution in [2.45, 2.75) is 13.0 Å². The Bertz CT molecular complexity index is 537. The standard InChI is InChI=1S/C10H10N4O4/c1-6(10(15)16)13(2)9-8(14(17)18)7(5-11)3-4-12-9/h3-4,6H,1-2H3,(H,15,16). The summed E-state index contributed by atoms with van der Waals surface area (Å²) in [4.78, 5) is 26.0. The Morgan fingerprint density at radius 1 is 1.72 bits per heavy atom. The molecule has 1 rings (SSSR count). The van der Waals surface area contributed by atoms with Crippen LogP contribution in [0.15, 0.2) is 12.3 Å². The third kappa shape index (κ3) is 2.35. The number of carboxylic acid groups (broad SMARTS) is 1. The molecule has 0 saturated carbocycles. The van der Waals surface area contributed by atoms with Gasteiger partial charge in [0.05, 0.1) is 4.92 Å². The van der Waals surface area contributed by atoms with Crippen molar-refractivity contribution in [1.29, 1.82) is 5.26 Å². The minimum atomic E-state index is -1.14. The van der Waals surface area contributed by atoms with E-state index >= 15 is 0 Å². The number of hydrogen-bond donors (Lipinski definition) is 1. The van der Waals surface area contributed by atoms with Crippen LogP contribution in [0.2, 0.25) is 0 Å². The van der Waals surface area contributed by atoms with E-state index in [4.69, 9.17) is 10.4 Å². The minimum Gasteiger partial charge on any atom is -0.480 e. The van der Waals surface area contributed by atoms with E-state index in [0.29, 0.717) is 0 Å². The van der Waals surface area contributed by atoms with Crippen LogP contribution in [0.4, 0.5) is 11.5 Å². The van der Waals surface area contributed by atoms with Gasteiger partial charge in [-0.25, -0.2) is 9.78 Å². The zero-order valence-electron chi connectivity index (χ0n) is 9.69. The average molecular weight is 250 g/mol. The average Bonchev–Trinajstić information content (AvgIpc) is 2.35. The number of aliphatic carboxylic acids is 1. The van der Waals surface area contributed by atoms with E-state index in [1.54, 1.807) is 6.07 Å². The molecule has 1 unspecified atom stereocenters. The molecule has 1 heterocycles. The number of hydrogen-bond acceptors (Lipinski definition) is 6. The van der Waals surface area contributed by atoms with Crippen molar-refractivity contribution in [3.05, 3.63) is 27.9 Å². The van der Waals surface area contributed by atoms with E-state index in [2.05, 4.69) is 4.98 Å². The monoisotopic (exact) mass is 250 g/mol. The van der Waals surface area contributed by atoms with E-state index < -0.39 is 22.6 Å². The van der Waals surface area contributed by atoms with Gasteiger partial charge in [-0.05, 0) is 13.0 Å². The van der Waals surface area contributed by atoms with Crippen LogP contribution < -0.4 is 4.90 Å². The number of rotatable bonds is 4. The van der Waals surface area contributed by atoms with Crippen LogP contribution in [0.5, 0.6) is 0 Å². The van der Waals surface area contributed by atoms with Gasteiger partial charge in [0.2, 0.25) is 5.82 Å². The number of carboxylic acids is 1. The molecule has 0 aliphatic rings. The van der Waals surface area contributed by atoms with Crippen molar-refractivity contribution in [3.8, 4) is 6.07 Å². The second-order valence-corrected chi connectivity index (χ2v) is 3.52. The first kappa shape index (κ1) is 13.4. The number of carbonyl (C=O) groups is 1. The van der Waals surface area contributed by atoms with E-state index in [1.165, 1.54) is 26.2 Å². The molecule has 0 aliphatic heterocycles. The Morgan fingerprint density at radius 2 is 2.33 bits per heavy atom. The molecule has 0 amide bonds. The number of likely N-dealkylation sites (N-methyl/N-ethyl adjacent to an activating group) is 1. The molecule has 94 valence electrons. The number of aromatic nitrogens is 1. The summed E-state index contributed by atoms with van der Waals surface area (Å²) in [7, 11) is 1.37. The van der Waals surface area contributed by atoms with E-state index in [1.807, 2.05) is 0 Å². The first-order valence-electron chi connectivity index (χ1n) is 4.89. The number of nitro groups is 1. The van der Waals surface area contributed by atoms with Crippen LogP contribution in [0.25, 0.3) is 0 Å². The van der Waals surface area contributed by atoms with Crippen molar-refractivity contribution >= 4 is 17.5 Å². The molecule has 18 heavy (non-hydrogen) atoms. The molecule has 0 fully saturated rings. The molecule has 1 atom stereocenters. The van der Waals surface area contributed by atoms with Crippen molar-refractivity contribution in [3.63, 3.8) is 0 Å². The fourth-order valence-electron chi connectivity index (χ4n) is 1.32. The second kappa shape index (κ2) is 5.09. The van der Waals surface area contributed by atoms with Crippen LogP contribution in [-0.2, 0) is 4.79 Å². The lowest BCUT2D eigenvalue weighted by Crippen LogP contribution is -2.36. The summed E-state index contributed by atoms with van der Waals surface area (Å²) in [6, 6.07) is 1.90. The van der Waals surface area contributed by atoms with Gasteiger partial charge in [0.25, 0.3) is 0 Å².